The highest BCUT2D eigenvalue weighted by atomic mass is 35.5. The number of furan rings is 1. The summed E-state index contributed by atoms with van der Waals surface area (Å²) in [6.45, 7) is 0. The molecule has 0 aliphatic heterocycles. The van der Waals surface area contributed by atoms with E-state index in [0.29, 0.717) is 5.02 Å². The third kappa shape index (κ3) is 2.62. The Labute approximate surface area is 195 Å². The van der Waals surface area contributed by atoms with Crippen LogP contribution < -0.4 is 0 Å². The molecule has 7 aromatic rings. The van der Waals surface area contributed by atoms with Crippen molar-refractivity contribution in [2.75, 3.05) is 0 Å². The molecule has 156 valence electrons. The van der Waals surface area contributed by atoms with Crippen LogP contribution in [-0.4, -0.2) is 4.57 Å². The molecule has 33 heavy (non-hydrogen) atoms. The topological polar surface area (TPSA) is 18.1 Å². The highest BCUT2D eigenvalue weighted by Crippen LogP contribution is 2.43. The third-order valence-electron chi connectivity index (χ3n) is 6.48. The molecule has 0 bridgehead atoms. The van der Waals surface area contributed by atoms with Crippen LogP contribution in [0.25, 0.3) is 60.6 Å². The van der Waals surface area contributed by atoms with Crippen LogP contribution in [0.3, 0.4) is 0 Å². The molecule has 0 N–H and O–H groups in total. The minimum Gasteiger partial charge on any atom is -0.453 e. The number of aromatic nitrogens is 1. The van der Waals surface area contributed by atoms with E-state index >= 15 is 0 Å². The quantitative estimate of drug-likeness (QED) is 0.260. The second-order valence-corrected chi connectivity index (χ2v) is 8.70. The minimum atomic E-state index is 0.697. The molecule has 0 saturated heterocycles. The summed E-state index contributed by atoms with van der Waals surface area (Å²) in [5, 5.41) is 5.12. The van der Waals surface area contributed by atoms with Gasteiger partial charge in [0.25, 0.3) is 0 Å². The molecule has 2 heterocycles. The van der Waals surface area contributed by atoms with Crippen molar-refractivity contribution in [3.63, 3.8) is 0 Å². The molecule has 0 saturated carbocycles. The highest BCUT2D eigenvalue weighted by molar-refractivity contribution is 6.38. The van der Waals surface area contributed by atoms with Gasteiger partial charge < -0.3 is 8.98 Å². The average Bonchev–Trinajstić information content (AvgIpc) is 3.42. The van der Waals surface area contributed by atoms with Crippen LogP contribution in [0.5, 0.6) is 0 Å². The summed E-state index contributed by atoms with van der Waals surface area (Å²) in [4.78, 5) is 0. The van der Waals surface area contributed by atoms with E-state index in [1.54, 1.807) is 0 Å². The maximum atomic E-state index is 6.74. The van der Waals surface area contributed by atoms with E-state index in [1.165, 1.54) is 10.8 Å². The first-order chi connectivity index (χ1) is 16.3. The largest absolute Gasteiger partial charge is 0.453 e. The maximum absolute atomic E-state index is 6.74. The summed E-state index contributed by atoms with van der Waals surface area (Å²) in [6, 6.07) is 37.7. The number of hydrogen-bond acceptors (Lipinski definition) is 1. The van der Waals surface area contributed by atoms with Crippen molar-refractivity contribution in [3.8, 4) is 16.8 Å². The van der Waals surface area contributed by atoms with Crippen LogP contribution in [0.15, 0.2) is 114 Å². The van der Waals surface area contributed by atoms with Gasteiger partial charge in [0.15, 0.2) is 5.58 Å². The molecule has 0 aliphatic rings. The van der Waals surface area contributed by atoms with Gasteiger partial charge in [0.2, 0.25) is 0 Å². The maximum Gasteiger partial charge on any atom is 0.159 e. The molecule has 0 amide bonds. The summed E-state index contributed by atoms with van der Waals surface area (Å²) in [6.07, 6.45) is 0. The van der Waals surface area contributed by atoms with Gasteiger partial charge in [-0.2, -0.15) is 0 Å². The second-order valence-electron chi connectivity index (χ2n) is 8.29. The summed E-state index contributed by atoms with van der Waals surface area (Å²) >= 11 is 6.74. The fourth-order valence-corrected chi connectivity index (χ4v) is 5.30. The zero-order chi connectivity index (χ0) is 21.9. The van der Waals surface area contributed by atoms with Crippen molar-refractivity contribution in [1.29, 1.82) is 0 Å². The zero-order valence-corrected chi connectivity index (χ0v) is 18.4. The molecule has 2 aromatic heterocycles. The molecular formula is C30H18ClNO. The van der Waals surface area contributed by atoms with Crippen LogP contribution in [0.1, 0.15) is 0 Å². The molecule has 0 fully saturated rings. The fraction of sp³-hybridized carbons (Fsp3) is 0. The number of nitrogens with zero attached hydrogens (tertiary/aromatic N) is 1. The third-order valence-corrected chi connectivity index (χ3v) is 6.80. The van der Waals surface area contributed by atoms with Gasteiger partial charge in [-0.1, -0.05) is 90.5 Å². The van der Waals surface area contributed by atoms with Gasteiger partial charge in [0.05, 0.1) is 21.7 Å². The number of para-hydroxylation sites is 3. The molecule has 0 radical (unpaired) electrons. The molecule has 0 aliphatic carbocycles. The van der Waals surface area contributed by atoms with Crippen molar-refractivity contribution in [2.45, 2.75) is 0 Å². The molecule has 0 unspecified atom stereocenters. The van der Waals surface area contributed by atoms with E-state index < -0.39 is 0 Å². The van der Waals surface area contributed by atoms with Crippen molar-refractivity contribution in [2.24, 2.45) is 0 Å². The van der Waals surface area contributed by atoms with Gasteiger partial charge in [-0.3, -0.25) is 0 Å². The van der Waals surface area contributed by atoms with Crippen molar-refractivity contribution < 1.29 is 4.42 Å². The molecular weight excluding hydrogens is 426 g/mol. The molecule has 2 nitrogen and oxygen atoms in total. The first-order valence-corrected chi connectivity index (χ1v) is 11.4. The standard InChI is InChI=1S/C30H18ClNO/c31-24-18-17-20(19-9-2-1-3-10-19)30-28(24)23-13-8-16-27(29(23)33-30)32-25-14-6-4-11-21(25)22-12-5-7-15-26(22)32/h1-18H. The fourth-order valence-electron chi connectivity index (χ4n) is 5.05. The molecule has 5 aromatic carbocycles. The Morgan fingerprint density at radius 2 is 1.18 bits per heavy atom. The number of benzene rings is 5. The Balaban J connectivity index is 1.63. The normalized spacial score (nSPS) is 11.8. The smallest absolute Gasteiger partial charge is 0.159 e. The van der Waals surface area contributed by atoms with E-state index in [1.807, 2.05) is 30.3 Å². The highest BCUT2D eigenvalue weighted by Gasteiger charge is 2.20. The van der Waals surface area contributed by atoms with Gasteiger partial charge in [0.1, 0.15) is 5.58 Å². The Morgan fingerprint density at radius 1 is 0.545 bits per heavy atom. The van der Waals surface area contributed by atoms with Crippen LogP contribution in [0.2, 0.25) is 5.02 Å². The Hall–Kier alpha value is -4.01. The van der Waals surface area contributed by atoms with E-state index in [-0.39, 0.29) is 0 Å². The van der Waals surface area contributed by atoms with Crippen LogP contribution in [0, 0.1) is 0 Å². The summed E-state index contributed by atoms with van der Waals surface area (Å²) in [5.74, 6) is 0. The van der Waals surface area contributed by atoms with E-state index in [4.69, 9.17) is 16.0 Å². The molecule has 0 spiro atoms. The van der Waals surface area contributed by atoms with Crippen molar-refractivity contribution in [3.05, 3.63) is 114 Å². The summed E-state index contributed by atoms with van der Waals surface area (Å²) < 4.78 is 8.96. The van der Waals surface area contributed by atoms with Crippen LogP contribution in [-0.2, 0) is 0 Å². The first-order valence-electron chi connectivity index (χ1n) is 11.0. The first kappa shape index (κ1) is 18.6. The summed E-state index contributed by atoms with van der Waals surface area (Å²) in [7, 11) is 0. The van der Waals surface area contributed by atoms with Gasteiger partial charge in [-0.25, -0.2) is 0 Å². The monoisotopic (exact) mass is 443 g/mol. The minimum absolute atomic E-state index is 0.697. The van der Waals surface area contributed by atoms with Crippen LogP contribution in [0.4, 0.5) is 0 Å². The predicted molar refractivity (Wildman–Crippen MR) is 139 cm³/mol. The van der Waals surface area contributed by atoms with Crippen molar-refractivity contribution in [1.82, 2.24) is 4.57 Å². The molecule has 0 atom stereocenters. The Kier molecular flexibility index (Phi) is 3.93. The van der Waals surface area contributed by atoms with Gasteiger partial charge in [-0.15, -0.1) is 0 Å². The zero-order valence-electron chi connectivity index (χ0n) is 17.6. The lowest BCUT2D eigenvalue weighted by Gasteiger charge is -2.08. The second kappa shape index (κ2) is 6.99. The number of halogens is 1. The number of rotatable bonds is 2. The lowest BCUT2D eigenvalue weighted by atomic mass is 10.0. The SMILES string of the molecule is Clc1ccc(-c2ccccc2)c2oc3c(-n4c5ccccc5c5ccccc54)cccc3c12. The van der Waals surface area contributed by atoms with Gasteiger partial charge >= 0.3 is 0 Å². The van der Waals surface area contributed by atoms with E-state index in [2.05, 4.69) is 83.4 Å². The van der Waals surface area contributed by atoms with E-state index in [0.717, 1.165) is 49.8 Å². The Bertz CT molecular complexity index is 1770. The lowest BCUT2D eigenvalue weighted by molar-refractivity contribution is 0.667. The lowest BCUT2D eigenvalue weighted by Crippen LogP contribution is -1.93. The van der Waals surface area contributed by atoms with Gasteiger partial charge in [-0.05, 0) is 35.9 Å². The average molecular weight is 444 g/mol. The Morgan fingerprint density at radius 3 is 1.91 bits per heavy atom. The number of fused-ring (bicyclic) bond motifs is 6. The summed E-state index contributed by atoms with van der Waals surface area (Å²) in [5.41, 5.74) is 7.12. The van der Waals surface area contributed by atoms with E-state index in [9.17, 15) is 0 Å². The molecule has 3 heteroatoms. The van der Waals surface area contributed by atoms with Crippen molar-refractivity contribution >= 4 is 55.3 Å². The van der Waals surface area contributed by atoms with Gasteiger partial charge in [0, 0.05) is 27.1 Å². The van der Waals surface area contributed by atoms with Crippen LogP contribution >= 0.6 is 11.6 Å². The number of hydrogen-bond donors (Lipinski definition) is 0. The molecule has 7 rings (SSSR count). The predicted octanol–water partition coefficient (Wildman–Crippen LogP) is 9.00.